The first-order valence-electron chi connectivity index (χ1n) is 7.14. The molecular formula is C14H24N6O2S. The SMILES string of the molecule is CC(C)=NNC(=O)CSc1nc(C(C)(C)C)nn1C(=O)N(C)C. The Balaban J connectivity index is 2.95. The number of rotatable bonds is 4. The van der Waals surface area contributed by atoms with Crippen molar-refractivity contribution in [2.45, 2.75) is 45.2 Å². The molecular weight excluding hydrogens is 316 g/mol. The van der Waals surface area contributed by atoms with Crippen molar-refractivity contribution >= 4 is 29.4 Å². The van der Waals surface area contributed by atoms with Gasteiger partial charge in [-0.05, 0) is 13.8 Å². The highest BCUT2D eigenvalue weighted by Gasteiger charge is 2.25. The van der Waals surface area contributed by atoms with E-state index in [1.807, 2.05) is 20.8 Å². The zero-order valence-corrected chi connectivity index (χ0v) is 15.5. The van der Waals surface area contributed by atoms with Gasteiger partial charge in [-0.2, -0.15) is 9.78 Å². The first-order chi connectivity index (χ1) is 10.5. The van der Waals surface area contributed by atoms with Crippen LogP contribution in [0.5, 0.6) is 0 Å². The molecule has 0 aliphatic heterocycles. The maximum Gasteiger partial charge on any atom is 0.346 e. The van der Waals surface area contributed by atoms with Crippen molar-refractivity contribution < 1.29 is 9.59 Å². The van der Waals surface area contributed by atoms with E-state index in [2.05, 4.69) is 20.6 Å². The fourth-order valence-electron chi connectivity index (χ4n) is 1.36. The highest BCUT2D eigenvalue weighted by atomic mass is 32.2. The standard InChI is InChI=1S/C14H24N6O2S/c1-9(2)16-17-10(21)8-23-12-15-11(14(3,4)5)18-20(12)13(22)19(6)7/h8H2,1-7H3,(H,17,21). The summed E-state index contributed by atoms with van der Waals surface area (Å²) in [5, 5.41) is 8.53. The predicted octanol–water partition coefficient (Wildman–Crippen LogP) is 1.71. The van der Waals surface area contributed by atoms with E-state index in [0.29, 0.717) is 11.0 Å². The molecule has 8 nitrogen and oxygen atoms in total. The summed E-state index contributed by atoms with van der Waals surface area (Å²) in [5.41, 5.74) is 2.90. The van der Waals surface area contributed by atoms with Gasteiger partial charge in [0, 0.05) is 25.2 Å². The molecule has 0 atom stereocenters. The van der Waals surface area contributed by atoms with Gasteiger partial charge in [-0.25, -0.2) is 15.2 Å². The fourth-order valence-corrected chi connectivity index (χ4v) is 2.08. The Labute approximate surface area is 140 Å². The molecule has 128 valence electrons. The first-order valence-corrected chi connectivity index (χ1v) is 8.12. The van der Waals surface area contributed by atoms with E-state index in [9.17, 15) is 9.59 Å². The van der Waals surface area contributed by atoms with Crippen molar-refractivity contribution in [3.8, 4) is 0 Å². The minimum Gasteiger partial charge on any atom is -0.329 e. The van der Waals surface area contributed by atoms with E-state index in [0.717, 1.165) is 17.5 Å². The van der Waals surface area contributed by atoms with Crippen molar-refractivity contribution in [2.75, 3.05) is 19.8 Å². The van der Waals surface area contributed by atoms with E-state index in [1.165, 1.54) is 9.58 Å². The molecule has 0 unspecified atom stereocenters. The van der Waals surface area contributed by atoms with Gasteiger partial charge in [-0.15, -0.1) is 5.10 Å². The van der Waals surface area contributed by atoms with Gasteiger partial charge in [-0.3, -0.25) is 4.79 Å². The molecule has 0 radical (unpaired) electrons. The predicted molar refractivity (Wildman–Crippen MR) is 90.9 cm³/mol. The normalized spacial score (nSPS) is 11.1. The van der Waals surface area contributed by atoms with Crippen molar-refractivity contribution in [1.29, 1.82) is 0 Å². The van der Waals surface area contributed by atoms with E-state index in [4.69, 9.17) is 0 Å². The van der Waals surface area contributed by atoms with E-state index < -0.39 is 0 Å². The zero-order chi connectivity index (χ0) is 17.8. The van der Waals surface area contributed by atoms with Gasteiger partial charge in [0.1, 0.15) is 0 Å². The van der Waals surface area contributed by atoms with Gasteiger partial charge in [0.15, 0.2) is 11.0 Å². The van der Waals surface area contributed by atoms with Gasteiger partial charge >= 0.3 is 6.03 Å². The number of nitrogens with one attached hydrogen (secondary N) is 1. The molecule has 23 heavy (non-hydrogen) atoms. The van der Waals surface area contributed by atoms with Crippen molar-refractivity contribution in [2.24, 2.45) is 5.10 Å². The quantitative estimate of drug-likeness (QED) is 0.512. The molecule has 0 fully saturated rings. The number of hydrogen-bond acceptors (Lipinski definition) is 6. The third kappa shape index (κ3) is 5.66. The third-order valence-corrected chi connectivity index (χ3v) is 3.48. The summed E-state index contributed by atoms with van der Waals surface area (Å²) in [6.07, 6.45) is 0. The Bertz CT molecular complexity index is 611. The smallest absolute Gasteiger partial charge is 0.329 e. The van der Waals surface area contributed by atoms with E-state index in [-0.39, 0.29) is 23.1 Å². The summed E-state index contributed by atoms with van der Waals surface area (Å²) in [5.74, 6) is 0.387. The number of carbonyl (C=O) groups excluding carboxylic acids is 2. The van der Waals surface area contributed by atoms with Gasteiger partial charge in [0.2, 0.25) is 0 Å². The average molecular weight is 340 g/mol. The Kier molecular flexibility index (Phi) is 6.31. The second-order valence-corrected chi connectivity index (χ2v) is 7.38. The molecule has 0 aromatic carbocycles. The first kappa shape index (κ1) is 19.1. The van der Waals surface area contributed by atoms with Crippen LogP contribution in [0, 0.1) is 0 Å². The lowest BCUT2D eigenvalue weighted by atomic mass is 9.96. The van der Waals surface area contributed by atoms with Gasteiger partial charge in [0.05, 0.1) is 5.75 Å². The molecule has 1 aromatic heterocycles. The summed E-state index contributed by atoms with van der Waals surface area (Å²) in [7, 11) is 3.28. The highest BCUT2D eigenvalue weighted by molar-refractivity contribution is 7.99. The topological polar surface area (TPSA) is 92.5 Å². The Morgan fingerprint density at radius 2 is 1.91 bits per heavy atom. The maximum absolute atomic E-state index is 12.2. The monoisotopic (exact) mass is 340 g/mol. The van der Waals surface area contributed by atoms with Crippen LogP contribution in [0.15, 0.2) is 10.3 Å². The average Bonchev–Trinajstić information content (AvgIpc) is 2.85. The molecule has 0 saturated heterocycles. The van der Waals surface area contributed by atoms with Crippen LogP contribution >= 0.6 is 11.8 Å². The van der Waals surface area contributed by atoms with Gasteiger partial charge in [0.25, 0.3) is 5.91 Å². The summed E-state index contributed by atoms with van der Waals surface area (Å²) >= 11 is 1.15. The van der Waals surface area contributed by atoms with Crippen molar-refractivity contribution in [1.82, 2.24) is 25.1 Å². The van der Waals surface area contributed by atoms with E-state index in [1.54, 1.807) is 27.9 Å². The summed E-state index contributed by atoms with van der Waals surface area (Å²) in [6.45, 7) is 9.47. The molecule has 9 heteroatoms. The van der Waals surface area contributed by atoms with Crippen LogP contribution in [0.2, 0.25) is 0 Å². The number of thioether (sulfide) groups is 1. The van der Waals surface area contributed by atoms with Gasteiger partial charge in [-0.1, -0.05) is 32.5 Å². The largest absolute Gasteiger partial charge is 0.346 e. The number of carbonyl (C=O) groups is 2. The number of hydrogen-bond donors (Lipinski definition) is 1. The molecule has 1 rings (SSSR count). The maximum atomic E-state index is 12.2. The zero-order valence-electron chi connectivity index (χ0n) is 14.7. The van der Waals surface area contributed by atoms with Gasteiger partial charge < -0.3 is 4.90 Å². The van der Waals surface area contributed by atoms with E-state index >= 15 is 0 Å². The highest BCUT2D eigenvalue weighted by Crippen LogP contribution is 2.23. The molecule has 0 aliphatic rings. The van der Waals surface area contributed by atoms with Crippen molar-refractivity contribution in [3.05, 3.63) is 5.82 Å². The minimum absolute atomic E-state index is 0.0970. The fraction of sp³-hybridized carbons (Fsp3) is 0.643. The number of aromatic nitrogens is 3. The molecule has 1 heterocycles. The molecule has 0 bridgehead atoms. The minimum atomic E-state index is -0.307. The molecule has 0 spiro atoms. The second-order valence-electron chi connectivity index (χ2n) is 6.44. The summed E-state index contributed by atoms with van der Waals surface area (Å²) in [6, 6.07) is -0.307. The Hall–Kier alpha value is -1.90. The summed E-state index contributed by atoms with van der Waals surface area (Å²) < 4.78 is 1.23. The number of amides is 2. The molecule has 0 aliphatic carbocycles. The van der Waals surface area contributed by atoms with Crippen LogP contribution in [0.3, 0.4) is 0 Å². The van der Waals surface area contributed by atoms with Crippen molar-refractivity contribution in [3.63, 3.8) is 0 Å². The third-order valence-electron chi connectivity index (χ3n) is 2.55. The molecule has 1 N–H and O–H groups in total. The number of hydrazone groups is 1. The lowest BCUT2D eigenvalue weighted by molar-refractivity contribution is -0.118. The molecule has 0 saturated carbocycles. The van der Waals surface area contributed by atoms with Crippen LogP contribution in [0.1, 0.15) is 40.4 Å². The van der Waals surface area contributed by atoms with Crippen LogP contribution in [0.25, 0.3) is 0 Å². The van der Waals surface area contributed by atoms with Crippen LogP contribution in [0.4, 0.5) is 4.79 Å². The Morgan fingerprint density at radius 3 is 2.39 bits per heavy atom. The Morgan fingerprint density at radius 1 is 1.30 bits per heavy atom. The summed E-state index contributed by atoms with van der Waals surface area (Å²) in [4.78, 5) is 29.8. The van der Waals surface area contributed by atoms with Crippen LogP contribution in [-0.2, 0) is 10.2 Å². The lowest BCUT2D eigenvalue weighted by Crippen LogP contribution is -2.29. The molecule has 1 aromatic rings. The van der Waals surface area contributed by atoms with Crippen LogP contribution < -0.4 is 5.43 Å². The molecule has 2 amide bonds. The lowest BCUT2D eigenvalue weighted by Gasteiger charge is -2.13. The second kappa shape index (κ2) is 7.58. The van der Waals surface area contributed by atoms with Crippen LogP contribution in [-0.4, -0.2) is 57.2 Å². The number of nitrogens with zero attached hydrogens (tertiary/aromatic N) is 5.